The van der Waals surface area contributed by atoms with Crippen molar-refractivity contribution in [3.8, 4) is 0 Å². The van der Waals surface area contributed by atoms with Gasteiger partial charge < -0.3 is 20.7 Å². The van der Waals surface area contributed by atoms with Crippen LogP contribution in [0.2, 0.25) is 0 Å². The average Bonchev–Trinajstić information content (AvgIpc) is 2.71. The Hall–Kier alpha value is -3.26. The zero-order valence-corrected chi connectivity index (χ0v) is 16.2. The van der Waals surface area contributed by atoms with E-state index in [1.54, 1.807) is 24.3 Å². The fourth-order valence-electron chi connectivity index (χ4n) is 2.25. The molecule has 2 rings (SSSR count). The van der Waals surface area contributed by atoms with Gasteiger partial charge in [-0.2, -0.15) is 0 Å². The summed E-state index contributed by atoms with van der Waals surface area (Å²) in [6.45, 7) is 0.446. The highest BCUT2D eigenvalue weighted by molar-refractivity contribution is 7.80. The zero-order chi connectivity index (χ0) is 20.4. The van der Waals surface area contributed by atoms with Crippen LogP contribution in [0.15, 0.2) is 54.6 Å². The third-order valence-electron chi connectivity index (χ3n) is 3.74. The fraction of sp³-hybridized carbons (Fsp3) is 0.200. The van der Waals surface area contributed by atoms with Crippen LogP contribution in [0.4, 0.5) is 5.69 Å². The molecule has 28 heavy (non-hydrogen) atoms. The van der Waals surface area contributed by atoms with Crippen molar-refractivity contribution in [2.75, 3.05) is 12.4 Å². The van der Waals surface area contributed by atoms with Gasteiger partial charge in [-0.1, -0.05) is 30.3 Å². The van der Waals surface area contributed by atoms with Crippen LogP contribution in [-0.4, -0.2) is 30.0 Å². The molecule has 0 bridgehead atoms. The molecule has 3 N–H and O–H groups in total. The van der Waals surface area contributed by atoms with E-state index in [2.05, 4.69) is 20.7 Å². The number of anilines is 1. The quantitative estimate of drug-likeness (QED) is 0.489. The summed E-state index contributed by atoms with van der Waals surface area (Å²) < 4.78 is 4.47. The third kappa shape index (κ3) is 7.16. The van der Waals surface area contributed by atoms with Crippen LogP contribution in [0.5, 0.6) is 0 Å². The monoisotopic (exact) mass is 399 g/mol. The standard InChI is InChI=1S/C20H21N3O4S/c1-27-18(25)12-11-17(24)23-20(28)22-16-9-7-15(8-10-16)19(26)21-13-14-5-3-2-4-6-14/h2-10H,11-13H2,1H3,(H,21,26)(H2,22,23,24,28). The fourth-order valence-corrected chi connectivity index (χ4v) is 2.49. The lowest BCUT2D eigenvalue weighted by Crippen LogP contribution is -2.34. The van der Waals surface area contributed by atoms with Crippen molar-refractivity contribution in [3.05, 3.63) is 65.7 Å². The summed E-state index contributed by atoms with van der Waals surface area (Å²) >= 11 is 5.06. The number of rotatable bonds is 7. The molecule has 0 unspecified atom stereocenters. The first-order chi connectivity index (χ1) is 13.5. The van der Waals surface area contributed by atoms with E-state index in [9.17, 15) is 14.4 Å². The van der Waals surface area contributed by atoms with Gasteiger partial charge in [0.2, 0.25) is 5.91 Å². The van der Waals surface area contributed by atoms with Crippen LogP contribution in [-0.2, 0) is 20.9 Å². The molecule has 0 aliphatic rings. The Morgan fingerprint density at radius 2 is 1.64 bits per heavy atom. The van der Waals surface area contributed by atoms with Gasteiger partial charge in [0.1, 0.15) is 0 Å². The number of amides is 2. The van der Waals surface area contributed by atoms with Crippen molar-refractivity contribution in [2.45, 2.75) is 19.4 Å². The van der Waals surface area contributed by atoms with E-state index >= 15 is 0 Å². The normalized spacial score (nSPS) is 9.89. The summed E-state index contributed by atoms with van der Waals surface area (Å²) in [5.41, 5.74) is 2.15. The summed E-state index contributed by atoms with van der Waals surface area (Å²) in [5.74, 6) is -1.04. The summed E-state index contributed by atoms with van der Waals surface area (Å²) in [5, 5.41) is 8.29. The van der Waals surface area contributed by atoms with Crippen LogP contribution in [0.3, 0.4) is 0 Å². The molecular formula is C20H21N3O4S. The Morgan fingerprint density at radius 3 is 2.29 bits per heavy atom. The second-order valence-electron chi connectivity index (χ2n) is 5.82. The Balaban J connectivity index is 1.79. The second-order valence-corrected chi connectivity index (χ2v) is 6.23. The lowest BCUT2D eigenvalue weighted by atomic mass is 10.2. The molecule has 0 spiro atoms. The lowest BCUT2D eigenvalue weighted by molar-refractivity contribution is -0.142. The minimum absolute atomic E-state index is 0.0161. The topological polar surface area (TPSA) is 96.5 Å². The van der Waals surface area contributed by atoms with E-state index in [1.807, 2.05) is 30.3 Å². The summed E-state index contributed by atoms with van der Waals surface area (Å²) in [7, 11) is 1.26. The molecule has 0 aromatic heterocycles. The Kier molecular flexibility index (Phi) is 8.11. The average molecular weight is 399 g/mol. The van der Waals surface area contributed by atoms with Gasteiger partial charge >= 0.3 is 5.97 Å². The number of carbonyl (C=O) groups is 3. The minimum Gasteiger partial charge on any atom is -0.469 e. The van der Waals surface area contributed by atoms with Crippen LogP contribution in [0, 0.1) is 0 Å². The number of esters is 1. The van der Waals surface area contributed by atoms with Gasteiger partial charge in [-0.25, -0.2) is 0 Å². The minimum atomic E-state index is -0.463. The summed E-state index contributed by atoms with van der Waals surface area (Å²) in [6.07, 6.45) is -0.0350. The second kappa shape index (κ2) is 10.8. The molecule has 0 saturated carbocycles. The van der Waals surface area contributed by atoms with Crippen molar-refractivity contribution in [1.82, 2.24) is 10.6 Å². The van der Waals surface area contributed by atoms with Crippen molar-refractivity contribution in [3.63, 3.8) is 0 Å². The Morgan fingerprint density at radius 1 is 0.964 bits per heavy atom. The molecule has 0 fully saturated rings. The van der Waals surface area contributed by atoms with Gasteiger partial charge in [0, 0.05) is 24.2 Å². The van der Waals surface area contributed by atoms with Crippen LogP contribution < -0.4 is 16.0 Å². The molecule has 146 valence electrons. The van der Waals surface area contributed by atoms with Gasteiger partial charge in [0.15, 0.2) is 5.11 Å². The molecule has 0 saturated heterocycles. The highest BCUT2D eigenvalue weighted by Gasteiger charge is 2.09. The first-order valence-electron chi connectivity index (χ1n) is 8.58. The van der Waals surface area contributed by atoms with Crippen molar-refractivity contribution < 1.29 is 19.1 Å². The van der Waals surface area contributed by atoms with Gasteiger partial charge in [-0.05, 0) is 42.0 Å². The van der Waals surface area contributed by atoms with Gasteiger partial charge in [0.05, 0.1) is 13.5 Å². The SMILES string of the molecule is COC(=O)CCC(=O)NC(=S)Nc1ccc(C(=O)NCc2ccccc2)cc1. The predicted molar refractivity (Wildman–Crippen MR) is 110 cm³/mol. The molecule has 0 atom stereocenters. The van der Waals surface area contributed by atoms with E-state index in [4.69, 9.17) is 12.2 Å². The Labute approximate surface area is 168 Å². The van der Waals surface area contributed by atoms with Gasteiger partial charge in [-0.15, -0.1) is 0 Å². The number of nitrogens with one attached hydrogen (secondary N) is 3. The molecule has 2 amide bonds. The molecule has 0 aliphatic carbocycles. The van der Waals surface area contributed by atoms with Crippen molar-refractivity contribution >= 4 is 40.8 Å². The highest BCUT2D eigenvalue weighted by Crippen LogP contribution is 2.10. The third-order valence-corrected chi connectivity index (χ3v) is 3.94. The van der Waals surface area contributed by atoms with Crippen molar-refractivity contribution in [1.29, 1.82) is 0 Å². The maximum absolute atomic E-state index is 12.2. The molecule has 0 aliphatic heterocycles. The molecule has 2 aromatic carbocycles. The van der Waals surface area contributed by atoms with E-state index < -0.39 is 5.97 Å². The summed E-state index contributed by atoms with van der Waals surface area (Å²) in [4.78, 5) is 34.9. The highest BCUT2D eigenvalue weighted by atomic mass is 32.1. The first kappa shape index (κ1) is 21.0. The van der Waals surface area contributed by atoms with Crippen LogP contribution in [0.1, 0.15) is 28.8 Å². The predicted octanol–water partition coefficient (Wildman–Crippen LogP) is 2.38. The zero-order valence-electron chi connectivity index (χ0n) is 15.4. The number of benzene rings is 2. The van der Waals surface area contributed by atoms with Crippen molar-refractivity contribution in [2.24, 2.45) is 0 Å². The molecule has 7 nitrogen and oxygen atoms in total. The first-order valence-corrected chi connectivity index (χ1v) is 8.98. The number of hydrogen-bond donors (Lipinski definition) is 3. The van der Waals surface area contributed by atoms with E-state index in [0.717, 1.165) is 5.56 Å². The van der Waals surface area contributed by atoms with Gasteiger partial charge in [0.25, 0.3) is 5.91 Å². The number of thiocarbonyl (C=S) groups is 1. The Bertz CT molecular complexity index is 838. The maximum atomic E-state index is 12.2. The number of methoxy groups -OCH3 is 1. The maximum Gasteiger partial charge on any atom is 0.306 e. The summed E-state index contributed by atoms with van der Waals surface area (Å²) in [6, 6.07) is 16.3. The van der Waals surface area contributed by atoms with E-state index in [0.29, 0.717) is 17.8 Å². The van der Waals surface area contributed by atoms with E-state index in [-0.39, 0.29) is 29.8 Å². The molecule has 8 heteroatoms. The smallest absolute Gasteiger partial charge is 0.306 e. The largest absolute Gasteiger partial charge is 0.469 e. The van der Waals surface area contributed by atoms with Gasteiger partial charge in [-0.3, -0.25) is 14.4 Å². The van der Waals surface area contributed by atoms with Crippen LogP contribution in [0.25, 0.3) is 0 Å². The molecular weight excluding hydrogens is 378 g/mol. The molecule has 0 radical (unpaired) electrons. The number of hydrogen-bond acceptors (Lipinski definition) is 5. The molecule has 2 aromatic rings. The lowest BCUT2D eigenvalue weighted by Gasteiger charge is -2.10. The van der Waals surface area contributed by atoms with E-state index in [1.165, 1.54) is 7.11 Å². The van der Waals surface area contributed by atoms with Crippen LogP contribution >= 0.6 is 12.2 Å². The number of ether oxygens (including phenoxy) is 1. The number of carbonyl (C=O) groups excluding carboxylic acids is 3. The molecule has 0 heterocycles.